The van der Waals surface area contributed by atoms with E-state index in [1.54, 1.807) is 0 Å². The maximum Gasteiger partial charge on any atom is 0.356 e. The van der Waals surface area contributed by atoms with Gasteiger partial charge in [-0.05, 0) is 25.7 Å². The maximum absolute atomic E-state index is 12.7. The summed E-state index contributed by atoms with van der Waals surface area (Å²) in [4.78, 5) is 29.9. The van der Waals surface area contributed by atoms with Crippen LogP contribution < -0.4 is 14.2 Å². The number of aromatic hydroxyl groups is 1. The Bertz CT molecular complexity index is 1100. The van der Waals surface area contributed by atoms with Crippen molar-refractivity contribution in [3.63, 3.8) is 0 Å². The summed E-state index contributed by atoms with van der Waals surface area (Å²) in [6.45, 7) is -0.408. The molecule has 0 atom stereocenters. The molecule has 13 heteroatoms. The van der Waals surface area contributed by atoms with Gasteiger partial charge in [-0.2, -0.15) is 0 Å². The number of aliphatic hydroxyl groups is 1. The fraction of sp³-hybridized carbons (Fsp3) is 0.538. The first-order valence-corrected chi connectivity index (χ1v) is 11.9. The van der Waals surface area contributed by atoms with Crippen molar-refractivity contribution in [2.24, 2.45) is 10.8 Å². The first kappa shape index (κ1) is 31.5. The Balaban J connectivity index is 0.000000229. The van der Waals surface area contributed by atoms with Gasteiger partial charge in [0.1, 0.15) is 0 Å². The third-order valence-electron chi connectivity index (χ3n) is 6.26. The van der Waals surface area contributed by atoms with Crippen LogP contribution in [-0.2, 0) is 9.47 Å². The predicted octanol–water partition coefficient (Wildman–Crippen LogP) is 3.32. The molecule has 2 N–H and O–H groups in total. The van der Waals surface area contributed by atoms with Gasteiger partial charge < -0.3 is 33.9 Å². The number of hydrogen-bond acceptors (Lipinski definition) is 11. The Morgan fingerprint density at radius 1 is 0.821 bits per heavy atom. The molecule has 2 aromatic rings. The lowest BCUT2D eigenvalue weighted by Crippen LogP contribution is -2.15. The van der Waals surface area contributed by atoms with Crippen LogP contribution in [-0.4, -0.2) is 87.1 Å². The molecule has 2 aromatic heterocycles. The molecule has 11 nitrogen and oxygen atoms in total. The van der Waals surface area contributed by atoms with E-state index in [2.05, 4.69) is 19.4 Å². The fourth-order valence-corrected chi connectivity index (χ4v) is 2.95. The number of methoxy groups -OCH3 is 4. The number of hydrogen-bond donors (Lipinski definition) is 2. The number of rotatable bonds is 10. The molecule has 39 heavy (non-hydrogen) atoms. The Morgan fingerprint density at radius 3 is 1.69 bits per heavy atom. The number of nitrogens with zero attached hydrogens (tertiary/aromatic N) is 2. The van der Waals surface area contributed by atoms with Crippen molar-refractivity contribution in [2.45, 2.75) is 25.7 Å². The summed E-state index contributed by atoms with van der Waals surface area (Å²) in [5, 5.41) is 17.6. The molecule has 2 aliphatic carbocycles. The summed E-state index contributed by atoms with van der Waals surface area (Å²) >= 11 is 0. The number of ether oxygens (including phenoxy) is 5. The zero-order valence-corrected chi connectivity index (χ0v) is 22.4. The van der Waals surface area contributed by atoms with E-state index in [0.29, 0.717) is 18.1 Å². The molecule has 0 unspecified atom stereocenters. The summed E-state index contributed by atoms with van der Waals surface area (Å²) < 4.78 is 48.9. The number of pyridine rings is 2. The smallest absolute Gasteiger partial charge is 0.356 e. The van der Waals surface area contributed by atoms with Crippen molar-refractivity contribution in [1.29, 1.82) is 0 Å². The number of aliphatic hydroxyl groups excluding tert-OH is 1. The highest BCUT2D eigenvalue weighted by Crippen LogP contribution is 2.46. The van der Waals surface area contributed by atoms with Crippen molar-refractivity contribution in [3.05, 3.63) is 35.9 Å². The van der Waals surface area contributed by atoms with Crippen LogP contribution in [0.4, 0.5) is 8.78 Å². The Morgan fingerprint density at radius 2 is 1.31 bits per heavy atom. The highest BCUT2D eigenvalue weighted by Gasteiger charge is 2.44. The van der Waals surface area contributed by atoms with Crippen LogP contribution in [0.2, 0.25) is 0 Å². The monoisotopic (exact) mass is 556 g/mol. The Hall–Kier alpha value is -3.74. The summed E-state index contributed by atoms with van der Waals surface area (Å²) in [7, 11) is 5.38. The molecule has 2 fully saturated rings. The second kappa shape index (κ2) is 14.4. The minimum absolute atomic E-state index is 0.0312. The van der Waals surface area contributed by atoms with Gasteiger partial charge in [-0.15, -0.1) is 0 Å². The fourth-order valence-electron chi connectivity index (χ4n) is 2.95. The molecule has 0 aliphatic heterocycles. The van der Waals surface area contributed by atoms with Crippen molar-refractivity contribution in [2.75, 3.05) is 55.0 Å². The van der Waals surface area contributed by atoms with Gasteiger partial charge in [-0.1, -0.05) is 0 Å². The lowest BCUT2D eigenvalue weighted by atomic mass is 10.1. The van der Waals surface area contributed by atoms with Crippen LogP contribution >= 0.6 is 0 Å². The minimum Gasteiger partial charge on any atom is -0.503 e. The van der Waals surface area contributed by atoms with Crippen molar-refractivity contribution >= 4 is 11.9 Å². The van der Waals surface area contributed by atoms with Crippen LogP contribution in [0.1, 0.15) is 46.7 Å². The molecule has 2 heterocycles. The quantitative estimate of drug-likeness (QED) is 0.416. The molecule has 216 valence electrons. The van der Waals surface area contributed by atoms with E-state index < -0.39 is 11.9 Å². The average molecular weight is 557 g/mol. The molecule has 2 aliphatic rings. The minimum atomic E-state index is -0.571. The molecular weight excluding hydrogens is 522 g/mol. The zero-order chi connectivity index (χ0) is 29.1. The normalized spacial score (nSPS) is 15.3. The number of esters is 2. The van der Waals surface area contributed by atoms with Crippen molar-refractivity contribution in [1.82, 2.24) is 9.97 Å². The topological polar surface area (TPSA) is 147 Å². The number of carbonyl (C=O) groups excluding carboxylic acids is 2. The first-order chi connectivity index (χ1) is 18.7. The molecule has 0 spiro atoms. The summed E-state index contributed by atoms with van der Waals surface area (Å²) in [6.07, 6.45) is 5.93. The van der Waals surface area contributed by atoms with E-state index in [9.17, 15) is 18.4 Å². The third-order valence-corrected chi connectivity index (χ3v) is 6.26. The molecule has 2 saturated carbocycles. The summed E-state index contributed by atoms with van der Waals surface area (Å²) in [5.41, 5.74) is -0.387. The van der Waals surface area contributed by atoms with Crippen LogP contribution in [0.5, 0.6) is 23.0 Å². The van der Waals surface area contributed by atoms with Crippen LogP contribution in [0.25, 0.3) is 0 Å². The molecule has 0 radical (unpaired) electrons. The zero-order valence-electron chi connectivity index (χ0n) is 22.4. The second-order valence-electron chi connectivity index (χ2n) is 9.16. The SMILES string of the molecule is COC(=O)c1cc(OC)c(O)cn1.COC(=O)c1cc(OC)c(OCC2(CF)CC2)cn1.OCC1(CF)CC1. The van der Waals surface area contributed by atoms with Crippen LogP contribution in [0, 0.1) is 10.8 Å². The molecule has 0 saturated heterocycles. The van der Waals surface area contributed by atoms with Gasteiger partial charge in [0.2, 0.25) is 0 Å². The van der Waals surface area contributed by atoms with Gasteiger partial charge in [-0.3, -0.25) is 8.78 Å². The molecule has 0 aromatic carbocycles. The van der Waals surface area contributed by atoms with E-state index in [-0.39, 0.29) is 53.7 Å². The van der Waals surface area contributed by atoms with Gasteiger partial charge >= 0.3 is 11.9 Å². The lowest BCUT2D eigenvalue weighted by molar-refractivity contribution is 0.0584. The van der Waals surface area contributed by atoms with Gasteiger partial charge in [-0.25, -0.2) is 19.6 Å². The van der Waals surface area contributed by atoms with Crippen LogP contribution in [0.15, 0.2) is 24.5 Å². The van der Waals surface area contributed by atoms with E-state index >= 15 is 0 Å². The van der Waals surface area contributed by atoms with E-state index in [4.69, 9.17) is 24.4 Å². The third kappa shape index (κ3) is 8.91. The number of halogens is 2. The van der Waals surface area contributed by atoms with Gasteiger partial charge in [0, 0.05) is 23.0 Å². The Kier molecular flexibility index (Phi) is 11.6. The largest absolute Gasteiger partial charge is 0.503 e. The van der Waals surface area contributed by atoms with E-state index in [1.165, 1.54) is 46.8 Å². The molecule has 0 bridgehead atoms. The van der Waals surface area contributed by atoms with Crippen LogP contribution in [0.3, 0.4) is 0 Å². The Labute approximate surface area is 225 Å². The first-order valence-electron chi connectivity index (χ1n) is 11.9. The van der Waals surface area contributed by atoms with E-state index in [1.807, 2.05) is 0 Å². The lowest BCUT2D eigenvalue weighted by Gasteiger charge is -2.14. The summed E-state index contributed by atoms with van der Waals surface area (Å²) in [6, 6.07) is 2.75. The van der Waals surface area contributed by atoms with E-state index in [0.717, 1.165) is 31.9 Å². The predicted molar refractivity (Wildman–Crippen MR) is 134 cm³/mol. The average Bonchev–Trinajstić information content (AvgIpc) is 3.92. The number of carbonyl (C=O) groups is 2. The number of alkyl halides is 2. The standard InChI is InChI=1S/C13H16FNO4.C8H9NO4.C5H9FO/c1-17-10-5-9(12(16)18-2)15-6-11(10)19-8-13(7-14)3-4-13;1-12-7-3-5(8(11)13-2)9-4-6(7)10;6-3-5(4-7)1-2-5/h5-6H,3-4,7-8H2,1-2H3;3-4,10H,1-2H3;7H,1-4H2. The highest BCUT2D eigenvalue weighted by atomic mass is 19.1. The van der Waals surface area contributed by atoms with Crippen molar-refractivity contribution in [3.8, 4) is 23.0 Å². The second-order valence-corrected chi connectivity index (χ2v) is 9.16. The van der Waals surface area contributed by atoms with Gasteiger partial charge in [0.25, 0.3) is 0 Å². The molecule has 4 rings (SSSR count). The van der Waals surface area contributed by atoms with Gasteiger partial charge in [0.05, 0.1) is 67.4 Å². The highest BCUT2D eigenvalue weighted by molar-refractivity contribution is 5.88. The maximum atomic E-state index is 12.7. The molecular formula is C26H34F2N2O9. The number of aromatic nitrogens is 2. The summed E-state index contributed by atoms with van der Waals surface area (Å²) in [5.74, 6) is -0.268. The van der Waals surface area contributed by atoms with Crippen molar-refractivity contribution < 1.29 is 52.3 Å². The molecule has 0 amide bonds. The van der Waals surface area contributed by atoms with Gasteiger partial charge in [0.15, 0.2) is 34.4 Å².